The number of carbonyl (C=O) groups is 1. The molecule has 1 heterocycles. The summed E-state index contributed by atoms with van der Waals surface area (Å²) >= 11 is 5.53. The average Bonchev–Trinajstić information content (AvgIpc) is 2.29. The quantitative estimate of drug-likeness (QED) is 0.563. The van der Waals surface area contributed by atoms with Crippen molar-refractivity contribution in [3.8, 4) is 0 Å². The van der Waals surface area contributed by atoms with Crippen molar-refractivity contribution in [3.05, 3.63) is 23.0 Å². The molecular weight excluding hydrogens is 232 g/mol. The van der Waals surface area contributed by atoms with Gasteiger partial charge in [0.1, 0.15) is 6.61 Å². The Bertz CT molecular complexity index is 329. The van der Waals surface area contributed by atoms with E-state index in [-0.39, 0.29) is 17.5 Å². The lowest BCUT2D eigenvalue weighted by Crippen LogP contribution is -2.12. The van der Waals surface area contributed by atoms with E-state index in [2.05, 4.69) is 10.2 Å². The summed E-state index contributed by atoms with van der Waals surface area (Å²) in [7, 11) is 0. The molecule has 88 valence electrons. The zero-order valence-corrected chi connectivity index (χ0v) is 9.74. The normalized spacial score (nSPS) is 10.1. The van der Waals surface area contributed by atoms with Crippen LogP contribution in [-0.4, -0.2) is 36.0 Å². The molecule has 0 N–H and O–H groups in total. The minimum absolute atomic E-state index is 0.139. The lowest BCUT2D eigenvalue weighted by molar-refractivity contribution is 0.0312. The van der Waals surface area contributed by atoms with E-state index in [0.717, 1.165) is 6.42 Å². The van der Waals surface area contributed by atoms with Gasteiger partial charge in [-0.05, 0) is 18.6 Å². The highest BCUT2D eigenvalue weighted by Gasteiger charge is 2.08. The fourth-order valence-corrected chi connectivity index (χ4v) is 1.04. The molecule has 0 atom stereocenters. The third-order valence-corrected chi connectivity index (χ3v) is 1.85. The SMILES string of the molecule is CCCOCCOC(=O)c1ccc(Cl)nn1. The van der Waals surface area contributed by atoms with Gasteiger partial charge in [-0.2, -0.15) is 0 Å². The lowest BCUT2D eigenvalue weighted by atomic mass is 10.4. The van der Waals surface area contributed by atoms with Crippen LogP contribution in [0.3, 0.4) is 0 Å². The molecule has 0 fully saturated rings. The van der Waals surface area contributed by atoms with Crippen LogP contribution >= 0.6 is 11.6 Å². The molecule has 0 spiro atoms. The van der Waals surface area contributed by atoms with E-state index in [1.165, 1.54) is 12.1 Å². The summed E-state index contributed by atoms with van der Waals surface area (Å²) < 4.78 is 10.1. The Balaban J connectivity index is 2.27. The predicted octanol–water partition coefficient (Wildman–Crippen LogP) is 1.71. The van der Waals surface area contributed by atoms with E-state index < -0.39 is 5.97 Å². The van der Waals surface area contributed by atoms with Crippen molar-refractivity contribution >= 4 is 17.6 Å². The molecule has 0 radical (unpaired) electrons. The smallest absolute Gasteiger partial charge is 0.358 e. The summed E-state index contributed by atoms with van der Waals surface area (Å²) in [4.78, 5) is 11.4. The summed E-state index contributed by atoms with van der Waals surface area (Å²) in [5.41, 5.74) is 0.139. The van der Waals surface area contributed by atoms with Gasteiger partial charge in [-0.3, -0.25) is 0 Å². The molecule has 0 saturated carbocycles. The minimum Gasteiger partial charge on any atom is -0.458 e. The predicted molar refractivity (Wildman–Crippen MR) is 58.4 cm³/mol. The Hall–Kier alpha value is -1.20. The van der Waals surface area contributed by atoms with Gasteiger partial charge < -0.3 is 9.47 Å². The highest BCUT2D eigenvalue weighted by Crippen LogP contribution is 2.03. The van der Waals surface area contributed by atoms with Gasteiger partial charge in [0.15, 0.2) is 10.8 Å². The van der Waals surface area contributed by atoms with Gasteiger partial charge in [0.25, 0.3) is 0 Å². The van der Waals surface area contributed by atoms with E-state index in [0.29, 0.717) is 13.2 Å². The molecule has 0 aliphatic rings. The molecule has 16 heavy (non-hydrogen) atoms. The summed E-state index contributed by atoms with van der Waals surface area (Å²) in [6.45, 7) is 3.28. The van der Waals surface area contributed by atoms with Crippen LogP contribution in [-0.2, 0) is 9.47 Å². The number of esters is 1. The van der Waals surface area contributed by atoms with Crippen LogP contribution in [0.1, 0.15) is 23.8 Å². The summed E-state index contributed by atoms with van der Waals surface area (Å²) in [5.74, 6) is -0.524. The van der Waals surface area contributed by atoms with Gasteiger partial charge in [-0.15, -0.1) is 10.2 Å². The number of carbonyl (C=O) groups excluding carboxylic acids is 1. The summed E-state index contributed by atoms with van der Waals surface area (Å²) in [6.07, 6.45) is 0.941. The van der Waals surface area contributed by atoms with Crippen molar-refractivity contribution in [2.24, 2.45) is 0 Å². The van der Waals surface area contributed by atoms with Crippen LogP contribution < -0.4 is 0 Å². The second kappa shape index (κ2) is 7.14. The topological polar surface area (TPSA) is 61.3 Å². The van der Waals surface area contributed by atoms with Crippen molar-refractivity contribution in [2.45, 2.75) is 13.3 Å². The molecule has 0 unspecified atom stereocenters. The maximum absolute atomic E-state index is 11.4. The maximum atomic E-state index is 11.4. The largest absolute Gasteiger partial charge is 0.458 e. The molecule has 0 amide bonds. The molecule has 1 aromatic rings. The molecule has 0 aliphatic heterocycles. The molecule has 0 bridgehead atoms. The second-order valence-corrected chi connectivity index (χ2v) is 3.38. The van der Waals surface area contributed by atoms with Crippen molar-refractivity contribution in [1.29, 1.82) is 0 Å². The van der Waals surface area contributed by atoms with E-state index in [4.69, 9.17) is 21.1 Å². The Kier molecular flexibility index (Phi) is 5.74. The molecule has 0 saturated heterocycles. The Morgan fingerprint density at radius 1 is 1.31 bits per heavy atom. The van der Waals surface area contributed by atoms with E-state index >= 15 is 0 Å². The molecule has 0 aliphatic carbocycles. The molecule has 6 heteroatoms. The van der Waals surface area contributed by atoms with Crippen LogP contribution in [0.5, 0.6) is 0 Å². The first-order chi connectivity index (χ1) is 7.74. The third kappa shape index (κ3) is 4.55. The average molecular weight is 245 g/mol. The minimum atomic E-state index is -0.524. The van der Waals surface area contributed by atoms with Gasteiger partial charge >= 0.3 is 5.97 Å². The number of ether oxygens (including phenoxy) is 2. The van der Waals surface area contributed by atoms with Gasteiger partial charge in [0.2, 0.25) is 0 Å². The Morgan fingerprint density at radius 2 is 2.12 bits per heavy atom. The summed E-state index contributed by atoms with van der Waals surface area (Å²) in [5, 5.41) is 7.38. The number of halogens is 1. The number of aromatic nitrogens is 2. The highest BCUT2D eigenvalue weighted by molar-refractivity contribution is 6.29. The molecule has 1 rings (SSSR count). The first-order valence-electron chi connectivity index (χ1n) is 4.98. The number of hydrogen-bond donors (Lipinski definition) is 0. The van der Waals surface area contributed by atoms with Crippen molar-refractivity contribution in [2.75, 3.05) is 19.8 Å². The van der Waals surface area contributed by atoms with Crippen molar-refractivity contribution in [3.63, 3.8) is 0 Å². The first-order valence-corrected chi connectivity index (χ1v) is 5.36. The maximum Gasteiger partial charge on any atom is 0.358 e. The van der Waals surface area contributed by atoms with Crippen LogP contribution in [0.15, 0.2) is 12.1 Å². The van der Waals surface area contributed by atoms with Gasteiger partial charge in [-0.25, -0.2) is 4.79 Å². The fraction of sp³-hybridized carbons (Fsp3) is 0.500. The fourth-order valence-electron chi connectivity index (χ4n) is 0.938. The highest BCUT2D eigenvalue weighted by atomic mass is 35.5. The second-order valence-electron chi connectivity index (χ2n) is 2.99. The van der Waals surface area contributed by atoms with Crippen molar-refractivity contribution in [1.82, 2.24) is 10.2 Å². The van der Waals surface area contributed by atoms with Gasteiger partial charge in [0.05, 0.1) is 6.61 Å². The van der Waals surface area contributed by atoms with Crippen LogP contribution in [0.4, 0.5) is 0 Å². The van der Waals surface area contributed by atoms with E-state index in [9.17, 15) is 4.79 Å². The third-order valence-electron chi connectivity index (χ3n) is 1.65. The Morgan fingerprint density at radius 3 is 2.75 bits per heavy atom. The number of hydrogen-bond acceptors (Lipinski definition) is 5. The monoisotopic (exact) mass is 244 g/mol. The molecular formula is C10H13ClN2O3. The first kappa shape index (κ1) is 12.9. The van der Waals surface area contributed by atoms with Crippen LogP contribution in [0.2, 0.25) is 5.15 Å². The molecule has 1 aromatic heterocycles. The molecule has 5 nitrogen and oxygen atoms in total. The zero-order valence-electron chi connectivity index (χ0n) is 8.98. The van der Waals surface area contributed by atoms with Crippen LogP contribution in [0, 0.1) is 0 Å². The van der Waals surface area contributed by atoms with Gasteiger partial charge in [-0.1, -0.05) is 18.5 Å². The molecule has 0 aromatic carbocycles. The number of nitrogens with zero attached hydrogens (tertiary/aromatic N) is 2. The zero-order chi connectivity index (χ0) is 11.8. The van der Waals surface area contributed by atoms with E-state index in [1.54, 1.807) is 0 Å². The van der Waals surface area contributed by atoms with E-state index in [1.807, 2.05) is 6.92 Å². The van der Waals surface area contributed by atoms with Crippen LogP contribution in [0.25, 0.3) is 0 Å². The van der Waals surface area contributed by atoms with Gasteiger partial charge in [0, 0.05) is 6.61 Å². The standard InChI is InChI=1S/C10H13ClN2O3/c1-2-5-15-6-7-16-10(14)8-3-4-9(11)13-12-8/h3-4H,2,5-7H2,1H3. The Labute approximate surface area is 98.7 Å². The number of rotatable bonds is 6. The van der Waals surface area contributed by atoms with Crippen molar-refractivity contribution < 1.29 is 14.3 Å². The summed E-state index contributed by atoms with van der Waals surface area (Å²) in [6, 6.07) is 2.95. The lowest BCUT2D eigenvalue weighted by Gasteiger charge is -2.04.